The highest BCUT2D eigenvalue weighted by molar-refractivity contribution is 5.85. The number of nitrogens with one attached hydrogen (secondary N) is 1. The molecule has 4 N–H and O–H groups in total. The lowest BCUT2D eigenvalue weighted by atomic mass is 10.1. The lowest BCUT2D eigenvalue weighted by Crippen LogP contribution is -2.42. The number of aliphatic hydroxyl groups excluding tert-OH is 3. The number of amides is 1. The summed E-state index contributed by atoms with van der Waals surface area (Å²) >= 11 is 0. The molecule has 0 aliphatic rings. The third-order valence-corrected chi connectivity index (χ3v) is 3.57. The number of ether oxygens (including phenoxy) is 2. The van der Waals surface area contributed by atoms with Gasteiger partial charge in [0.25, 0.3) is 0 Å². The van der Waals surface area contributed by atoms with Gasteiger partial charge in [-0.3, -0.25) is 9.59 Å². The second-order valence-electron chi connectivity index (χ2n) is 5.80. The number of Topliss-reactive ketones (excluding diaryl/α,β-unsaturated/α-hetero) is 1. The average Bonchev–Trinajstić information content (AvgIpc) is 2.65. The molecule has 0 heterocycles. The van der Waals surface area contributed by atoms with Gasteiger partial charge in [-0.1, -0.05) is 12.1 Å². The highest BCUT2D eigenvalue weighted by Crippen LogP contribution is 2.14. The van der Waals surface area contributed by atoms with Gasteiger partial charge in [0.15, 0.2) is 0 Å². The van der Waals surface area contributed by atoms with Crippen LogP contribution in [0.25, 0.3) is 0 Å². The number of esters is 1. The van der Waals surface area contributed by atoms with Crippen molar-refractivity contribution in [1.29, 1.82) is 0 Å². The molecule has 0 aliphatic carbocycles. The van der Waals surface area contributed by atoms with E-state index in [0.29, 0.717) is 5.75 Å². The van der Waals surface area contributed by atoms with Gasteiger partial charge in [0, 0.05) is 13.3 Å². The molecule has 1 amide bonds. The van der Waals surface area contributed by atoms with Crippen molar-refractivity contribution >= 4 is 17.7 Å². The highest BCUT2D eigenvalue weighted by Gasteiger charge is 2.24. The van der Waals surface area contributed by atoms with Crippen LogP contribution in [-0.4, -0.2) is 71.0 Å². The van der Waals surface area contributed by atoms with Crippen LogP contribution in [0.4, 0.5) is 0 Å². The van der Waals surface area contributed by atoms with Crippen LogP contribution in [0.3, 0.4) is 0 Å². The van der Waals surface area contributed by atoms with Gasteiger partial charge in [0.05, 0.1) is 13.2 Å². The van der Waals surface area contributed by atoms with E-state index in [-0.39, 0.29) is 18.9 Å². The number of carbonyl (C=O) groups is 3. The van der Waals surface area contributed by atoms with Crippen LogP contribution in [0.5, 0.6) is 5.75 Å². The maximum absolute atomic E-state index is 11.9. The quantitative estimate of drug-likeness (QED) is 0.355. The van der Waals surface area contributed by atoms with Crippen LogP contribution < -0.4 is 10.1 Å². The molecule has 0 saturated carbocycles. The van der Waals surface area contributed by atoms with Crippen LogP contribution >= 0.6 is 0 Å². The standard InChI is InChI=1S/C18H25NO8/c1-3-26-18(25)14(19-11(2)21)8-12-4-6-13(7-5-12)27-10-16(23)17(24)15(22)9-20/h4-7,14-15,17,20,22,24H,3,8-10H2,1-2H3,(H,19,21)/t14-,15?,17+/m0/s1. The summed E-state index contributed by atoms with van der Waals surface area (Å²) < 4.78 is 10.2. The maximum Gasteiger partial charge on any atom is 0.328 e. The first-order valence-electron chi connectivity index (χ1n) is 8.43. The van der Waals surface area contributed by atoms with E-state index in [2.05, 4.69) is 5.32 Å². The highest BCUT2D eigenvalue weighted by atomic mass is 16.5. The first-order valence-corrected chi connectivity index (χ1v) is 8.43. The predicted octanol–water partition coefficient (Wildman–Crippen LogP) is -1.04. The van der Waals surface area contributed by atoms with Crippen molar-refractivity contribution in [2.75, 3.05) is 19.8 Å². The average molecular weight is 383 g/mol. The van der Waals surface area contributed by atoms with Crippen LogP contribution in [0.2, 0.25) is 0 Å². The largest absolute Gasteiger partial charge is 0.486 e. The van der Waals surface area contributed by atoms with Gasteiger partial charge < -0.3 is 30.1 Å². The monoisotopic (exact) mass is 383 g/mol. The van der Waals surface area contributed by atoms with Crippen molar-refractivity contribution in [1.82, 2.24) is 5.32 Å². The van der Waals surface area contributed by atoms with Gasteiger partial charge in [0.1, 0.15) is 30.6 Å². The Labute approximate surface area is 156 Å². The Kier molecular flexibility index (Phi) is 9.41. The molecule has 1 rings (SSSR count). The van der Waals surface area contributed by atoms with Crippen LogP contribution in [0.15, 0.2) is 24.3 Å². The zero-order valence-electron chi connectivity index (χ0n) is 15.3. The number of aliphatic hydroxyl groups is 3. The summed E-state index contributed by atoms with van der Waals surface area (Å²) in [5, 5.41) is 29.9. The molecule has 1 aromatic carbocycles. The van der Waals surface area contributed by atoms with E-state index in [1.54, 1.807) is 31.2 Å². The summed E-state index contributed by atoms with van der Waals surface area (Å²) in [6, 6.07) is 5.63. The van der Waals surface area contributed by atoms with Gasteiger partial charge in [-0.2, -0.15) is 0 Å². The van der Waals surface area contributed by atoms with Crippen LogP contribution in [0, 0.1) is 0 Å². The van der Waals surface area contributed by atoms with E-state index in [0.717, 1.165) is 5.56 Å². The molecule has 150 valence electrons. The second kappa shape index (κ2) is 11.3. The minimum absolute atomic E-state index is 0.201. The molecule has 0 spiro atoms. The molecule has 0 aromatic heterocycles. The number of benzene rings is 1. The molecular formula is C18H25NO8. The van der Waals surface area contributed by atoms with E-state index < -0.39 is 43.2 Å². The topological polar surface area (TPSA) is 142 Å². The van der Waals surface area contributed by atoms with E-state index in [9.17, 15) is 24.6 Å². The van der Waals surface area contributed by atoms with E-state index >= 15 is 0 Å². The van der Waals surface area contributed by atoms with Crippen molar-refractivity contribution in [2.24, 2.45) is 0 Å². The van der Waals surface area contributed by atoms with Crippen molar-refractivity contribution in [3.8, 4) is 5.75 Å². The fraction of sp³-hybridized carbons (Fsp3) is 0.500. The lowest BCUT2D eigenvalue weighted by molar-refractivity contribution is -0.147. The molecule has 1 unspecified atom stereocenters. The summed E-state index contributed by atoms with van der Waals surface area (Å²) in [6.07, 6.45) is -3.06. The fourth-order valence-electron chi connectivity index (χ4n) is 2.19. The molecular weight excluding hydrogens is 358 g/mol. The zero-order valence-corrected chi connectivity index (χ0v) is 15.3. The fourth-order valence-corrected chi connectivity index (χ4v) is 2.19. The molecule has 9 heteroatoms. The number of ketones is 1. The van der Waals surface area contributed by atoms with Crippen LogP contribution in [-0.2, 0) is 25.5 Å². The Hall–Kier alpha value is -2.49. The second-order valence-corrected chi connectivity index (χ2v) is 5.80. The van der Waals surface area contributed by atoms with Crippen molar-refractivity contribution < 1.29 is 39.2 Å². The smallest absolute Gasteiger partial charge is 0.328 e. The molecule has 1 aromatic rings. The Balaban J connectivity index is 2.65. The van der Waals surface area contributed by atoms with Gasteiger partial charge >= 0.3 is 5.97 Å². The molecule has 0 bridgehead atoms. The molecule has 3 atom stereocenters. The first-order chi connectivity index (χ1) is 12.8. The Morgan fingerprint density at radius 3 is 2.30 bits per heavy atom. The SMILES string of the molecule is CCOC(=O)[C@H](Cc1ccc(OCC(=O)[C@H](O)C(O)CO)cc1)NC(C)=O. The van der Waals surface area contributed by atoms with Gasteiger partial charge in [-0.25, -0.2) is 4.79 Å². The predicted molar refractivity (Wildman–Crippen MR) is 94.0 cm³/mol. The Bertz CT molecular complexity index is 631. The summed E-state index contributed by atoms with van der Waals surface area (Å²) in [4.78, 5) is 34.8. The summed E-state index contributed by atoms with van der Waals surface area (Å²) in [7, 11) is 0. The van der Waals surface area contributed by atoms with E-state index in [1.807, 2.05) is 0 Å². The Morgan fingerprint density at radius 1 is 1.15 bits per heavy atom. The molecule has 0 radical (unpaired) electrons. The van der Waals surface area contributed by atoms with Gasteiger partial charge in [-0.05, 0) is 24.6 Å². The third kappa shape index (κ3) is 7.73. The Morgan fingerprint density at radius 2 is 1.78 bits per heavy atom. The van der Waals surface area contributed by atoms with Crippen LogP contribution in [0.1, 0.15) is 19.4 Å². The summed E-state index contributed by atoms with van der Waals surface area (Å²) in [5.41, 5.74) is 0.733. The third-order valence-electron chi connectivity index (χ3n) is 3.57. The molecule has 0 saturated heterocycles. The number of hydrogen-bond acceptors (Lipinski definition) is 8. The first kappa shape index (κ1) is 22.6. The van der Waals surface area contributed by atoms with Crippen molar-refractivity contribution in [2.45, 2.75) is 38.5 Å². The molecule has 0 fully saturated rings. The van der Waals surface area contributed by atoms with Crippen molar-refractivity contribution in [3.05, 3.63) is 29.8 Å². The number of carbonyl (C=O) groups excluding carboxylic acids is 3. The number of hydrogen-bond donors (Lipinski definition) is 4. The molecule has 9 nitrogen and oxygen atoms in total. The summed E-state index contributed by atoms with van der Waals surface area (Å²) in [5.74, 6) is -1.32. The minimum atomic E-state index is -1.72. The molecule has 0 aliphatic heterocycles. The zero-order chi connectivity index (χ0) is 20.4. The molecule has 27 heavy (non-hydrogen) atoms. The van der Waals surface area contributed by atoms with E-state index in [4.69, 9.17) is 14.6 Å². The minimum Gasteiger partial charge on any atom is -0.486 e. The summed E-state index contributed by atoms with van der Waals surface area (Å²) in [6.45, 7) is 1.97. The maximum atomic E-state index is 11.9. The number of rotatable bonds is 11. The van der Waals surface area contributed by atoms with Crippen molar-refractivity contribution in [3.63, 3.8) is 0 Å². The van der Waals surface area contributed by atoms with E-state index in [1.165, 1.54) is 6.92 Å². The van der Waals surface area contributed by atoms with Gasteiger partial charge in [-0.15, -0.1) is 0 Å². The lowest BCUT2D eigenvalue weighted by Gasteiger charge is -2.17. The normalized spacial score (nSPS) is 14.0. The van der Waals surface area contributed by atoms with Gasteiger partial charge in [0.2, 0.25) is 11.7 Å².